The van der Waals surface area contributed by atoms with Gasteiger partial charge in [-0.2, -0.15) is 23.3 Å². The number of halogens is 3. The molecule has 8 nitrogen and oxygen atoms in total. The summed E-state index contributed by atoms with van der Waals surface area (Å²) in [4.78, 5) is 23.9. The van der Waals surface area contributed by atoms with Crippen molar-refractivity contribution in [1.29, 1.82) is 0 Å². The van der Waals surface area contributed by atoms with Gasteiger partial charge in [0.05, 0.1) is 27.4 Å². The van der Waals surface area contributed by atoms with Crippen LogP contribution in [0.1, 0.15) is 25.2 Å². The number of rotatable bonds is 5. The molecular formula is C24H18F3N3O5S. The zero-order valence-corrected chi connectivity index (χ0v) is 19.6. The van der Waals surface area contributed by atoms with E-state index >= 15 is 0 Å². The van der Waals surface area contributed by atoms with Crippen LogP contribution < -0.4 is 9.73 Å². The minimum atomic E-state index is -4.56. The summed E-state index contributed by atoms with van der Waals surface area (Å²) in [7, 11) is -3.98. The molecule has 0 radical (unpaired) electrons. The number of amides is 2. The number of nitrogens with one attached hydrogen (secondary N) is 1. The number of hydrogen-bond acceptors (Lipinski definition) is 6. The number of carbonyl (C=O) groups excluding carboxylic acids is 2. The van der Waals surface area contributed by atoms with Crippen LogP contribution in [0.3, 0.4) is 0 Å². The molecule has 1 aliphatic rings. The largest absolute Gasteiger partial charge is 0.457 e. The van der Waals surface area contributed by atoms with E-state index in [0.29, 0.717) is 17.0 Å². The Labute approximate surface area is 203 Å². The lowest BCUT2D eigenvalue weighted by molar-refractivity contribution is -0.137. The third-order valence-corrected chi connectivity index (χ3v) is 6.57. The lowest BCUT2D eigenvalue weighted by Gasteiger charge is -2.14. The molecule has 12 heteroatoms. The summed E-state index contributed by atoms with van der Waals surface area (Å²) in [6, 6.07) is 13.1. The van der Waals surface area contributed by atoms with Crippen LogP contribution in [-0.4, -0.2) is 25.9 Å². The van der Waals surface area contributed by atoms with Crippen LogP contribution in [0.15, 0.2) is 80.7 Å². The average molecular weight is 517 g/mol. The van der Waals surface area contributed by atoms with Gasteiger partial charge in [0, 0.05) is 12.5 Å². The number of carbonyl (C=O) groups is 2. The Bertz CT molecular complexity index is 1520. The molecule has 0 aliphatic carbocycles. The molecule has 2 amide bonds. The Morgan fingerprint density at radius 2 is 1.78 bits per heavy atom. The number of benzene rings is 2. The Hall–Kier alpha value is -4.19. The predicted octanol–water partition coefficient (Wildman–Crippen LogP) is 4.60. The van der Waals surface area contributed by atoms with E-state index in [1.807, 2.05) is 4.72 Å². The van der Waals surface area contributed by atoms with Gasteiger partial charge in [0.15, 0.2) is 0 Å². The molecular weight excluding hydrogens is 499 g/mol. The standard InChI is InChI=1S/C24H18F3N3O5S/c1-14-21(23(32)30(28-14)18-5-3-4-17(12-18)24(25,26)27)13-19-8-11-22(35-19)16-6-9-20(10-7-16)36(33,34)29-15(2)31/h3-13H,1-2H3,(H,29,31)/b21-13-. The van der Waals surface area contributed by atoms with Crippen LogP contribution in [0.4, 0.5) is 18.9 Å². The monoisotopic (exact) mass is 517 g/mol. The highest BCUT2D eigenvalue weighted by Crippen LogP contribution is 2.33. The van der Waals surface area contributed by atoms with Gasteiger partial charge in [-0.05, 0) is 67.6 Å². The number of nitrogens with zero attached hydrogens (tertiary/aromatic N) is 2. The highest BCUT2D eigenvalue weighted by Gasteiger charge is 2.33. The van der Waals surface area contributed by atoms with E-state index in [1.54, 1.807) is 19.1 Å². The third kappa shape index (κ3) is 5.08. The van der Waals surface area contributed by atoms with E-state index in [4.69, 9.17) is 4.42 Å². The van der Waals surface area contributed by atoms with Gasteiger partial charge in [0.25, 0.3) is 15.9 Å². The number of alkyl halides is 3. The second-order valence-corrected chi connectivity index (χ2v) is 9.48. The molecule has 2 heterocycles. The van der Waals surface area contributed by atoms with Crippen LogP contribution >= 0.6 is 0 Å². The van der Waals surface area contributed by atoms with Crippen LogP contribution in [0.25, 0.3) is 17.4 Å². The molecule has 36 heavy (non-hydrogen) atoms. The fourth-order valence-electron chi connectivity index (χ4n) is 3.45. The van der Waals surface area contributed by atoms with Crippen LogP contribution in [0.5, 0.6) is 0 Å². The lowest BCUT2D eigenvalue weighted by atomic mass is 10.1. The van der Waals surface area contributed by atoms with E-state index < -0.39 is 33.6 Å². The number of hydrazone groups is 1. The molecule has 0 atom stereocenters. The first-order chi connectivity index (χ1) is 16.8. The molecule has 0 bridgehead atoms. The highest BCUT2D eigenvalue weighted by atomic mass is 32.2. The van der Waals surface area contributed by atoms with Crippen molar-refractivity contribution in [2.75, 3.05) is 5.01 Å². The SMILES string of the molecule is CC(=O)NS(=O)(=O)c1ccc(-c2ccc(/C=C3\C(=O)N(c4cccc(C(F)(F)F)c4)N=C3C)o2)cc1. The zero-order valence-electron chi connectivity index (χ0n) is 18.8. The smallest absolute Gasteiger partial charge is 0.416 e. The molecule has 3 aromatic rings. The van der Waals surface area contributed by atoms with Crippen molar-refractivity contribution >= 4 is 39.3 Å². The fraction of sp³-hybridized carbons (Fsp3) is 0.125. The van der Waals surface area contributed by atoms with Crippen molar-refractivity contribution < 1.29 is 35.6 Å². The Morgan fingerprint density at radius 1 is 1.08 bits per heavy atom. The summed E-state index contributed by atoms with van der Waals surface area (Å²) in [5.41, 5.74) is 0.0553. The molecule has 1 aromatic heterocycles. The predicted molar refractivity (Wildman–Crippen MR) is 125 cm³/mol. The molecule has 186 valence electrons. The Balaban J connectivity index is 1.56. The summed E-state index contributed by atoms with van der Waals surface area (Å²) in [5, 5.41) is 4.99. The van der Waals surface area contributed by atoms with Gasteiger partial charge in [-0.15, -0.1) is 0 Å². The summed E-state index contributed by atoms with van der Waals surface area (Å²) in [5.74, 6) is -0.671. The second-order valence-electron chi connectivity index (χ2n) is 7.80. The first kappa shape index (κ1) is 24.9. The summed E-state index contributed by atoms with van der Waals surface area (Å²) < 4.78 is 71.0. The molecule has 2 aromatic carbocycles. The van der Waals surface area contributed by atoms with Gasteiger partial charge >= 0.3 is 6.18 Å². The van der Waals surface area contributed by atoms with Gasteiger partial charge in [-0.25, -0.2) is 13.1 Å². The van der Waals surface area contributed by atoms with Gasteiger partial charge in [0.1, 0.15) is 11.5 Å². The molecule has 0 saturated heterocycles. The van der Waals surface area contributed by atoms with Crippen molar-refractivity contribution in [2.24, 2.45) is 5.10 Å². The van der Waals surface area contributed by atoms with Crippen LogP contribution in [0.2, 0.25) is 0 Å². The minimum Gasteiger partial charge on any atom is -0.457 e. The Kier molecular flexibility index (Phi) is 6.31. The molecule has 0 unspecified atom stereocenters. The van der Waals surface area contributed by atoms with Crippen molar-refractivity contribution in [2.45, 2.75) is 24.9 Å². The van der Waals surface area contributed by atoms with Gasteiger partial charge in [-0.1, -0.05) is 6.07 Å². The molecule has 0 saturated carbocycles. The van der Waals surface area contributed by atoms with Gasteiger partial charge < -0.3 is 4.42 Å². The van der Waals surface area contributed by atoms with E-state index in [2.05, 4.69) is 5.10 Å². The first-order valence-electron chi connectivity index (χ1n) is 10.4. The number of sulfonamides is 1. The van der Waals surface area contributed by atoms with E-state index in [1.165, 1.54) is 42.5 Å². The molecule has 1 aliphatic heterocycles. The highest BCUT2D eigenvalue weighted by molar-refractivity contribution is 7.90. The Morgan fingerprint density at radius 3 is 2.42 bits per heavy atom. The average Bonchev–Trinajstić information content (AvgIpc) is 3.38. The second kappa shape index (κ2) is 9.11. The van der Waals surface area contributed by atoms with Crippen molar-refractivity contribution in [3.05, 3.63) is 77.6 Å². The number of hydrogen-bond donors (Lipinski definition) is 1. The molecule has 1 N–H and O–H groups in total. The number of furan rings is 1. The van der Waals surface area contributed by atoms with Crippen LogP contribution in [0, 0.1) is 0 Å². The van der Waals surface area contributed by atoms with E-state index in [0.717, 1.165) is 24.1 Å². The summed E-state index contributed by atoms with van der Waals surface area (Å²) in [6.07, 6.45) is -3.14. The number of anilines is 1. The van der Waals surface area contributed by atoms with E-state index in [9.17, 15) is 31.2 Å². The maximum Gasteiger partial charge on any atom is 0.416 e. The van der Waals surface area contributed by atoms with Crippen molar-refractivity contribution in [1.82, 2.24) is 4.72 Å². The normalized spacial score (nSPS) is 15.4. The molecule has 0 fully saturated rings. The van der Waals surface area contributed by atoms with Gasteiger partial charge in [-0.3, -0.25) is 9.59 Å². The van der Waals surface area contributed by atoms with Crippen molar-refractivity contribution in [3.8, 4) is 11.3 Å². The van der Waals surface area contributed by atoms with Crippen molar-refractivity contribution in [3.63, 3.8) is 0 Å². The van der Waals surface area contributed by atoms with E-state index in [-0.39, 0.29) is 21.9 Å². The summed E-state index contributed by atoms with van der Waals surface area (Å²) >= 11 is 0. The zero-order chi connectivity index (χ0) is 26.3. The van der Waals surface area contributed by atoms with Gasteiger partial charge in [0.2, 0.25) is 5.91 Å². The fourth-order valence-corrected chi connectivity index (χ4v) is 4.44. The van der Waals surface area contributed by atoms with Crippen LogP contribution in [-0.2, 0) is 25.8 Å². The molecule has 0 spiro atoms. The maximum atomic E-state index is 13.1. The molecule has 4 rings (SSSR count). The maximum absolute atomic E-state index is 13.1. The minimum absolute atomic E-state index is 0.0213. The quantitative estimate of drug-likeness (QED) is 0.498. The first-order valence-corrected chi connectivity index (χ1v) is 11.9. The third-order valence-electron chi connectivity index (χ3n) is 5.12. The topological polar surface area (TPSA) is 109 Å². The lowest BCUT2D eigenvalue weighted by Crippen LogP contribution is -2.28. The summed E-state index contributed by atoms with van der Waals surface area (Å²) in [6.45, 7) is 2.64.